The van der Waals surface area contributed by atoms with E-state index in [-0.39, 0.29) is 0 Å². The minimum Gasteiger partial charge on any atom is -0.376 e. The second-order valence-corrected chi connectivity index (χ2v) is 15.6. The Balaban J connectivity index is 4.93. The molecule has 3 heteroatoms. The van der Waals surface area contributed by atoms with Gasteiger partial charge in [0.25, 0.3) is 0 Å². The molecule has 1 N–H and O–H groups in total. The summed E-state index contributed by atoms with van der Waals surface area (Å²) in [5, 5.41) is 10.9. The van der Waals surface area contributed by atoms with Crippen LogP contribution in [0, 0.1) is 11.5 Å². The van der Waals surface area contributed by atoms with Gasteiger partial charge in [-0.05, 0) is 5.20 Å². The molecule has 0 aromatic heterocycles. The molecular weight excluding hydrogens is 216 g/mol. The van der Waals surface area contributed by atoms with Gasteiger partial charge in [-0.25, -0.2) is 0 Å². The summed E-state index contributed by atoms with van der Waals surface area (Å²) in [6.07, 6.45) is -0.666. The Kier molecular flexibility index (Phi) is 4.83. The van der Waals surface area contributed by atoms with E-state index in [1.807, 2.05) is 0 Å². The lowest BCUT2D eigenvalue weighted by Gasteiger charge is -2.20. The first kappa shape index (κ1) is 14.5. The van der Waals surface area contributed by atoms with Crippen LogP contribution in [0.2, 0.25) is 39.3 Å². The normalized spacial score (nSPS) is 13.5. The topological polar surface area (TPSA) is 20.2 Å². The second kappa shape index (κ2) is 5.00. The first-order valence-electron chi connectivity index (χ1n) is 5.19. The number of aliphatic hydroxyl groups excluding tert-OH is 1. The van der Waals surface area contributed by atoms with E-state index in [4.69, 9.17) is 0 Å². The van der Waals surface area contributed by atoms with Crippen LogP contribution in [0.5, 0.6) is 0 Å². The van der Waals surface area contributed by atoms with E-state index in [2.05, 4.69) is 63.1 Å². The third kappa shape index (κ3) is 5.81. The average molecular weight is 238 g/mol. The first-order valence-corrected chi connectivity index (χ1v) is 12.2. The van der Waals surface area contributed by atoms with Crippen LogP contribution < -0.4 is 0 Å². The predicted molar refractivity (Wildman–Crippen MR) is 73.1 cm³/mol. The highest BCUT2D eigenvalue weighted by Gasteiger charge is 2.24. The Hall–Kier alpha value is -0.526. The highest BCUT2D eigenvalue weighted by Crippen LogP contribution is 2.16. The summed E-state index contributed by atoms with van der Waals surface area (Å²) in [7, 11) is -2.94. The fraction of sp³-hybridized carbons (Fsp3) is 0.583. The fourth-order valence-corrected chi connectivity index (χ4v) is 3.12. The van der Waals surface area contributed by atoms with E-state index in [9.17, 15) is 5.11 Å². The van der Waals surface area contributed by atoms with Gasteiger partial charge in [0, 0.05) is 0 Å². The molecule has 0 heterocycles. The molecule has 0 aliphatic rings. The van der Waals surface area contributed by atoms with Gasteiger partial charge in [0.15, 0.2) is 0 Å². The van der Waals surface area contributed by atoms with Crippen LogP contribution in [0.4, 0.5) is 0 Å². The molecule has 0 rings (SSSR count). The van der Waals surface area contributed by atoms with Gasteiger partial charge in [-0.1, -0.05) is 51.8 Å². The third-order valence-electron chi connectivity index (χ3n) is 1.86. The Labute approximate surface area is 95.9 Å². The van der Waals surface area contributed by atoms with E-state index in [0.717, 1.165) is 5.20 Å². The molecule has 1 nitrogen and oxygen atoms in total. The van der Waals surface area contributed by atoms with E-state index in [1.165, 1.54) is 0 Å². The van der Waals surface area contributed by atoms with Crippen LogP contribution in [0.15, 0.2) is 17.5 Å². The summed E-state index contributed by atoms with van der Waals surface area (Å²) in [6, 6.07) is 0. The summed E-state index contributed by atoms with van der Waals surface area (Å²) < 4.78 is 0. The lowest BCUT2D eigenvalue weighted by atomic mass is 10.3. The minimum atomic E-state index is -1.54. The van der Waals surface area contributed by atoms with Crippen molar-refractivity contribution in [1.29, 1.82) is 0 Å². The maximum absolute atomic E-state index is 9.95. The standard InChI is InChI=1S/C12H22OSi2/c1-8-12(15(5,6)7)11(13)9-10-14(2,3)4/h11,13H,1H2,2-7H3/t11-/m0/s1. The summed E-state index contributed by atoms with van der Waals surface area (Å²) >= 11 is 0. The molecule has 0 amide bonds. The van der Waals surface area contributed by atoms with Gasteiger partial charge in [-0.3, -0.25) is 0 Å². The Morgan fingerprint density at radius 2 is 1.60 bits per heavy atom. The van der Waals surface area contributed by atoms with Gasteiger partial charge >= 0.3 is 0 Å². The maximum atomic E-state index is 9.95. The molecule has 0 aromatic rings. The molecule has 0 bridgehead atoms. The van der Waals surface area contributed by atoms with Crippen molar-refractivity contribution in [2.45, 2.75) is 45.4 Å². The average Bonchev–Trinajstić information content (AvgIpc) is 1.98. The summed E-state index contributed by atoms with van der Waals surface area (Å²) in [4.78, 5) is 0. The Bertz CT molecular complexity index is 327. The molecule has 0 aliphatic heterocycles. The Morgan fingerprint density at radius 1 is 1.13 bits per heavy atom. The lowest BCUT2D eigenvalue weighted by Crippen LogP contribution is -2.31. The van der Waals surface area contributed by atoms with Gasteiger partial charge in [0.05, 0.1) is 8.07 Å². The van der Waals surface area contributed by atoms with Crippen molar-refractivity contribution in [1.82, 2.24) is 0 Å². The van der Waals surface area contributed by atoms with Crippen LogP contribution in [0.3, 0.4) is 0 Å². The second-order valence-electron chi connectivity index (χ2n) is 5.76. The number of hydrogen-bond donors (Lipinski definition) is 1. The molecule has 0 spiro atoms. The molecule has 84 valence electrons. The maximum Gasteiger partial charge on any atom is 0.139 e. The van der Waals surface area contributed by atoms with Crippen molar-refractivity contribution >= 4 is 16.1 Å². The smallest absolute Gasteiger partial charge is 0.139 e. The van der Waals surface area contributed by atoms with E-state index < -0.39 is 22.3 Å². The lowest BCUT2D eigenvalue weighted by molar-refractivity contribution is 0.275. The highest BCUT2D eigenvalue weighted by molar-refractivity contribution is 6.84. The van der Waals surface area contributed by atoms with Crippen molar-refractivity contribution in [2.75, 3.05) is 0 Å². The molecule has 15 heavy (non-hydrogen) atoms. The SMILES string of the molecule is C=C=C([C@@H](O)C#C[Si](C)(C)C)[Si](C)(C)C. The van der Waals surface area contributed by atoms with E-state index in [1.54, 1.807) is 0 Å². The third-order valence-corrected chi connectivity index (χ3v) is 4.82. The fourth-order valence-electron chi connectivity index (χ4n) is 1.13. The molecule has 0 unspecified atom stereocenters. The van der Waals surface area contributed by atoms with Crippen LogP contribution >= 0.6 is 0 Å². The molecule has 0 saturated heterocycles. The van der Waals surface area contributed by atoms with Crippen LogP contribution in [0.1, 0.15) is 0 Å². The molecule has 0 fully saturated rings. The van der Waals surface area contributed by atoms with Gasteiger partial charge in [-0.15, -0.1) is 11.3 Å². The molecule has 1 atom stereocenters. The zero-order chi connectivity index (χ0) is 12.3. The van der Waals surface area contributed by atoms with Crippen LogP contribution in [0.25, 0.3) is 0 Å². The highest BCUT2D eigenvalue weighted by atomic mass is 28.3. The van der Waals surface area contributed by atoms with E-state index >= 15 is 0 Å². The van der Waals surface area contributed by atoms with Gasteiger partial charge in [0.2, 0.25) is 0 Å². The Morgan fingerprint density at radius 3 is 1.87 bits per heavy atom. The zero-order valence-corrected chi connectivity index (χ0v) is 12.7. The minimum absolute atomic E-state index is 0.666. The summed E-state index contributed by atoms with van der Waals surface area (Å²) in [5.41, 5.74) is 6.05. The quantitative estimate of drug-likeness (QED) is 0.446. The van der Waals surface area contributed by atoms with Crippen molar-refractivity contribution < 1.29 is 5.11 Å². The van der Waals surface area contributed by atoms with Gasteiger partial charge in [-0.2, -0.15) is 0 Å². The number of hydrogen-bond acceptors (Lipinski definition) is 1. The molecule has 0 aromatic carbocycles. The van der Waals surface area contributed by atoms with Crippen molar-refractivity contribution in [3.63, 3.8) is 0 Å². The first-order chi connectivity index (χ1) is 6.58. The van der Waals surface area contributed by atoms with Gasteiger partial charge < -0.3 is 5.11 Å². The monoisotopic (exact) mass is 238 g/mol. The van der Waals surface area contributed by atoms with Gasteiger partial charge in [0.1, 0.15) is 14.2 Å². The van der Waals surface area contributed by atoms with Crippen LogP contribution in [-0.4, -0.2) is 27.4 Å². The number of rotatable bonds is 2. The molecular formula is C12H22OSi2. The molecule has 0 radical (unpaired) electrons. The predicted octanol–water partition coefficient (Wildman–Crippen LogP) is 2.82. The van der Waals surface area contributed by atoms with E-state index in [0.29, 0.717) is 0 Å². The molecule has 0 saturated carbocycles. The summed E-state index contributed by atoms with van der Waals surface area (Å²) in [6.45, 7) is 16.6. The van der Waals surface area contributed by atoms with Crippen molar-refractivity contribution in [3.05, 3.63) is 17.5 Å². The summed E-state index contributed by atoms with van der Waals surface area (Å²) in [5.74, 6) is 2.94. The van der Waals surface area contributed by atoms with Crippen LogP contribution in [-0.2, 0) is 0 Å². The zero-order valence-electron chi connectivity index (χ0n) is 10.7. The largest absolute Gasteiger partial charge is 0.376 e. The van der Waals surface area contributed by atoms with Crippen molar-refractivity contribution in [3.8, 4) is 11.5 Å². The van der Waals surface area contributed by atoms with Crippen molar-refractivity contribution in [2.24, 2.45) is 0 Å². The number of aliphatic hydroxyl groups is 1. The molecule has 0 aliphatic carbocycles.